The van der Waals surface area contributed by atoms with E-state index in [2.05, 4.69) is 38.6 Å². The number of hydrogen-bond donors (Lipinski definition) is 2. The second kappa shape index (κ2) is 7.79. The van der Waals surface area contributed by atoms with Crippen LogP contribution in [-0.4, -0.2) is 44.6 Å². The molecule has 0 heterocycles. The molecule has 4 nitrogen and oxygen atoms in total. The number of nitrogens with one attached hydrogen (secondary N) is 2. The monoisotopic (exact) mass is 221 g/mol. The summed E-state index contributed by atoms with van der Waals surface area (Å²) < 4.78 is 0.942. The molecule has 0 aromatic rings. The van der Waals surface area contributed by atoms with Crippen LogP contribution in [0.4, 0.5) is 0 Å². The summed E-state index contributed by atoms with van der Waals surface area (Å²) in [5.74, 6) is -0.190. The highest BCUT2D eigenvalue weighted by Crippen LogP contribution is 1.91. The minimum absolute atomic E-state index is 0. The number of carbonyl (C=O) groups is 1. The Balaban J connectivity index is 0. The van der Waals surface area contributed by atoms with Gasteiger partial charge in [-0.2, -0.15) is 0 Å². The first-order valence-corrected chi connectivity index (χ1v) is 4.41. The molecule has 0 fully saturated rings. The maximum atomic E-state index is 10.7. The summed E-state index contributed by atoms with van der Waals surface area (Å²) in [5.41, 5.74) is 5.33. The van der Waals surface area contributed by atoms with E-state index in [-0.39, 0.29) is 18.3 Å². The SMILES string of the molecule is C=CC(=O)NNCCC[N+](C)(C)C.[Cl-]. The van der Waals surface area contributed by atoms with Gasteiger partial charge in [-0.3, -0.25) is 10.2 Å². The molecule has 5 heteroatoms. The van der Waals surface area contributed by atoms with Gasteiger partial charge >= 0.3 is 0 Å². The van der Waals surface area contributed by atoms with Crippen LogP contribution < -0.4 is 23.3 Å². The fourth-order valence-electron chi connectivity index (χ4n) is 0.842. The molecule has 0 unspecified atom stereocenters. The van der Waals surface area contributed by atoms with E-state index in [1.165, 1.54) is 6.08 Å². The van der Waals surface area contributed by atoms with Crippen molar-refractivity contribution in [3.63, 3.8) is 0 Å². The Morgan fingerprint density at radius 1 is 1.43 bits per heavy atom. The van der Waals surface area contributed by atoms with Gasteiger partial charge in [0.2, 0.25) is 0 Å². The smallest absolute Gasteiger partial charge is 0.257 e. The molecule has 0 radical (unpaired) electrons. The third kappa shape index (κ3) is 11.4. The van der Waals surface area contributed by atoms with E-state index in [1.807, 2.05) is 0 Å². The quantitative estimate of drug-likeness (QED) is 0.216. The van der Waals surface area contributed by atoms with Crippen LogP contribution in [0.25, 0.3) is 0 Å². The molecule has 0 aliphatic carbocycles. The van der Waals surface area contributed by atoms with Gasteiger partial charge in [0, 0.05) is 13.0 Å². The molecule has 0 saturated carbocycles. The lowest BCUT2D eigenvalue weighted by Crippen LogP contribution is -3.00. The Hall–Kier alpha value is -0.580. The van der Waals surface area contributed by atoms with E-state index in [1.54, 1.807) is 0 Å². The molecule has 0 saturated heterocycles. The Labute approximate surface area is 92.3 Å². The highest BCUT2D eigenvalue weighted by molar-refractivity contribution is 5.86. The van der Waals surface area contributed by atoms with Crippen molar-refractivity contribution in [3.05, 3.63) is 12.7 Å². The summed E-state index contributed by atoms with van der Waals surface area (Å²) in [6, 6.07) is 0. The van der Waals surface area contributed by atoms with Crippen LogP contribution in [0, 0.1) is 0 Å². The van der Waals surface area contributed by atoms with Gasteiger partial charge in [0.1, 0.15) is 0 Å². The molecule has 2 N–H and O–H groups in total. The van der Waals surface area contributed by atoms with Gasteiger partial charge in [0.15, 0.2) is 0 Å². The Kier molecular flexibility index (Phi) is 8.83. The minimum atomic E-state index is -0.190. The first kappa shape index (κ1) is 15.9. The molecule has 0 aliphatic rings. The third-order valence-corrected chi connectivity index (χ3v) is 1.53. The summed E-state index contributed by atoms with van der Waals surface area (Å²) in [4.78, 5) is 10.7. The highest BCUT2D eigenvalue weighted by atomic mass is 35.5. The number of carbonyl (C=O) groups excluding carboxylic acids is 1. The number of hydrogen-bond acceptors (Lipinski definition) is 2. The predicted molar refractivity (Wildman–Crippen MR) is 53.9 cm³/mol. The topological polar surface area (TPSA) is 41.1 Å². The first-order chi connectivity index (χ1) is 5.95. The summed E-state index contributed by atoms with van der Waals surface area (Å²) in [6.07, 6.45) is 2.27. The zero-order valence-corrected chi connectivity index (χ0v) is 9.90. The molecule has 14 heavy (non-hydrogen) atoms. The number of hydrazine groups is 1. The van der Waals surface area contributed by atoms with E-state index in [0.717, 1.165) is 24.0 Å². The summed E-state index contributed by atoms with van der Waals surface area (Å²) in [5, 5.41) is 0. The van der Waals surface area contributed by atoms with Crippen molar-refractivity contribution >= 4 is 5.91 Å². The van der Waals surface area contributed by atoms with Crippen LogP contribution in [0.15, 0.2) is 12.7 Å². The number of halogens is 1. The van der Waals surface area contributed by atoms with Gasteiger partial charge < -0.3 is 16.9 Å². The molecule has 0 atom stereocenters. The van der Waals surface area contributed by atoms with Crippen LogP contribution in [-0.2, 0) is 4.79 Å². The number of rotatable bonds is 6. The molecule has 0 aromatic heterocycles. The lowest BCUT2D eigenvalue weighted by Gasteiger charge is -2.23. The average Bonchev–Trinajstić information content (AvgIpc) is 2.01. The maximum absolute atomic E-state index is 10.7. The second-order valence-electron chi connectivity index (χ2n) is 3.99. The maximum Gasteiger partial charge on any atom is 0.257 e. The lowest BCUT2D eigenvalue weighted by atomic mass is 10.4. The van der Waals surface area contributed by atoms with E-state index in [9.17, 15) is 4.79 Å². The fraction of sp³-hybridized carbons (Fsp3) is 0.667. The zero-order chi connectivity index (χ0) is 10.3. The molecule has 0 spiro atoms. The van der Waals surface area contributed by atoms with Crippen molar-refractivity contribution in [1.82, 2.24) is 10.9 Å². The average molecular weight is 222 g/mol. The molecule has 0 aliphatic heterocycles. The van der Waals surface area contributed by atoms with Crippen LogP contribution in [0.2, 0.25) is 0 Å². The number of nitrogens with zero attached hydrogens (tertiary/aromatic N) is 1. The van der Waals surface area contributed by atoms with Gasteiger partial charge in [-0.1, -0.05) is 6.58 Å². The summed E-state index contributed by atoms with van der Waals surface area (Å²) >= 11 is 0. The fourth-order valence-corrected chi connectivity index (χ4v) is 0.842. The lowest BCUT2D eigenvalue weighted by molar-refractivity contribution is -0.870. The van der Waals surface area contributed by atoms with Crippen molar-refractivity contribution in [3.8, 4) is 0 Å². The van der Waals surface area contributed by atoms with E-state index in [4.69, 9.17) is 0 Å². The van der Waals surface area contributed by atoms with Crippen molar-refractivity contribution in [2.75, 3.05) is 34.2 Å². The zero-order valence-electron chi connectivity index (χ0n) is 9.14. The largest absolute Gasteiger partial charge is 1.00 e. The number of quaternary nitrogens is 1. The van der Waals surface area contributed by atoms with Crippen LogP contribution in [0.1, 0.15) is 6.42 Å². The Morgan fingerprint density at radius 2 is 2.00 bits per heavy atom. The highest BCUT2D eigenvalue weighted by Gasteiger charge is 2.04. The normalized spacial score (nSPS) is 10.2. The Bertz CT molecular complexity index is 177. The van der Waals surface area contributed by atoms with E-state index >= 15 is 0 Å². The molecule has 84 valence electrons. The van der Waals surface area contributed by atoms with Crippen LogP contribution in [0.5, 0.6) is 0 Å². The third-order valence-electron chi connectivity index (χ3n) is 1.53. The van der Waals surface area contributed by atoms with Crippen molar-refractivity contribution in [1.29, 1.82) is 0 Å². The summed E-state index contributed by atoms with van der Waals surface area (Å²) in [6.45, 7) is 5.21. The van der Waals surface area contributed by atoms with Crippen molar-refractivity contribution in [2.24, 2.45) is 0 Å². The van der Waals surface area contributed by atoms with Gasteiger partial charge in [0.05, 0.1) is 27.7 Å². The van der Waals surface area contributed by atoms with Gasteiger partial charge in [0.25, 0.3) is 5.91 Å². The number of amides is 1. The molecule has 0 aromatic carbocycles. The first-order valence-electron chi connectivity index (χ1n) is 4.41. The van der Waals surface area contributed by atoms with Gasteiger partial charge in [-0.25, -0.2) is 5.43 Å². The van der Waals surface area contributed by atoms with Crippen molar-refractivity contribution in [2.45, 2.75) is 6.42 Å². The molecular formula is C9H20ClN3O. The van der Waals surface area contributed by atoms with Gasteiger partial charge in [-0.15, -0.1) is 0 Å². The minimum Gasteiger partial charge on any atom is -1.00 e. The van der Waals surface area contributed by atoms with Crippen LogP contribution >= 0.6 is 0 Å². The molecule has 0 bridgehead atoms. The Morgan fingerprint density at radius 3 is 2.43 bits per heavy atom. The van der Waals surface area contributed by atoms with E-state index < -0.39 is 0 Å². The van der Waals surface area contributed by atoms with Gasteiger partial charge in [-0.05, 0) is 6.08 Å². The molecule has 0 rings (SSSR count). The summed E-state index contributed by atoms with van der Waals surface area (Å²) in [7, 11) is 6.42. The van der Waals surface area contributed by atoms with E-state index in [0.29, 0.717) is 0 Å². The molecular weight excluding hydrogens is 202 g/mol. The predicted octanol–water partition coefficient (Wildman–Crippen LogP) is -3.11. The van der Waals surface area contributed by atoms with Crippen LogP contribution in [0.3, 0.4) is 0 Å². The standard InChI is InChI=1S/C9H19N3O.ClH/c1-5-9(13)11-10-7-6-8-12(2,3)4;/h5,10H,1,6-8H2,2-4H3;1H. The second-order valence-corrected chi connectivity index (χ2v) is 3.99. The molecule has 1 amide bonds. The van der Waals surface area contributed by atoms with Crippen molar-refractivity contribution < 1.29 is 21.7 Å².